The van der Waals surface area contributed by atoms with Crippen molar-refractivity contribution in [3.05, 3.63) is 53.8 Å². The van der Waals surface area contributed by atoms with Gasteiger partial charge in [0.05, 0.1) is 0 Å². The topological polar surface area (TPSA) is 54.3 Å². The maximum absolute atomic E-state index is 12.8. The van der Waals surface area contributed by atoms with Crippen LogP contribution in [0.5, 0.6) is 5.75 Å². The molecule has 8 heteroatoms. The van der Waals surface area contributed by atoms with Gasteiger partial charge in [-0.1, -0.05) is 30.9 Å². The number of nitrogens with zero attached hydrogens (tertiary/aromatic N) is 3. The Morgan fingerprint density at radius 3 is 2.41 bits per heavy atom. The summed E-state index contributed by atoms with van der Waals surface area (Å²) in [4.78, 5) is 22.9. The second kappa shape index (κ2) is 9.71. The fraction of sp³-hybridized carbons (Fsp3) is 0.458. The summed E-state index contributed by atoms with van der Waals surface area (Å²) in [5, 5.41) is 0. The van der Waals surface area contributed by atoms with Gasteiger partial charge < -0.3 is 9.64 Å². The molecule has 5 nitrogen and oxygen atoms in total. The third-order valence-electron chi connectivity index (χ3n) is 6.08. The maximum atomic E-state index is 12.8. The van der Waals surface area contributed by atoms with Gasteiger partial charge in [0.1, 0.15) is 17.3 Å². The molecule has 2 fully saturated rings. The van der Waals surface area contributed by atoms with Crippen LogP contribution in [0.25, 0.3) is 0 Å². The number of halogens is 3. The van der Waals surface area contributed by atoms with Crippen LogP contribution in [0.4, 0.5) is 13.2 Å². The van der Waals surface area contributed by atoms with Crippen molar-refractivity contribution >= 4 is 18.0 Å². The molecule has 3 rings (SSSR count). The zero-order chi connectivity index (χ0) is 23.5. The highest BCUT2D eigenvalue weighted by Gasteiger charge is 2.44. The van der Waals surface area contributed by atoms with E-state index in [2.05, 4.69) is 21.3 Å². The van der Waals surface area contributed by atoms with Crippen LogP contribution in [0.1, 0.15) is 45.1 Å². The van der Waals surface area contributed by atoms with Crippen LogP contribution in [0.15, 0.2) is 58.2 Å². The van der Waals surface area contributed by atoms with Gasteiger partial charge in [0.2, 0.25) is 0 Å². The largest absolute Gasteiger partial charge is 0.573 e. The summed E-state index contributed by atoms with van der Waals surface area (Å²) >= 11 is 0. The molecule has 1 unspecified atom stereocenters. The lowest BCUT2D eigenvalue weighted by Crippen LogP contribution is -2.30. The van der Waals surface area contributed by atoms with Gasteiger partial charge in [-0.15, -0.1) is 13.2 Å². The second-order valence-electron chi connectivity index (χ2n) is 8.38. The van der Waals surface area contributed by atoms with E-state index < -0.39 is 6.36 Å². The molecule has 0 spiro atoms. The summed E-state index contributed by atoms with van der Waals surface area (Å²) in [6.45, 7) is 10.4. The standard InChI is InChI=1S/C24H28F3N3O2/c1-5-15(2)12-28-17(4)29-16(3)23(31)30-13-19-10-18(11-20(19)14-30)21-8-6-7-9-22(21)32-24(25,26)27/h5-9,12,18-20H,3,10-11,13-14H2,1-2,4H3/b15-5-,28-12?,29-17?/t18?,19-,20+. The molecule has 1 saturated heterocycles. The third-order valence-corrected chi connectivity index (χ3v) is 6.08. The molecule has 32 heavy (non-hydrogen) atoms. The van der Waals surface area contributed by atoms with Gasteiger partial charge in [0.25, 0.3) is 5.91 Å². The number of fused-ring (bicyclic) bond motifs is 1. The summed E-state index contributed by atoms with van der Waals surface area (Å²) in [6, 6.07) is 6.33. The SMILES string of the molecule is C=C(N=C(C)N=C/C(C)=C\C)C(=O)N1C[C@H]2CC(c3ccccc3OC(F)(F)F)C[C@H]2C1. The van der Waals surface area contributed by atoms with Crippen molar-refractivity contribution in [2.24, 2.45) is 21.8 Å². The van der Waals surface area contributed by atoms with Crippen molar-refractivity contribution in [3.63, 3.8) is 0 Å². The fourth-order valence-electron chi connectivity index (χ4n) is 4.48. The molecule has 0 bridgehead atoms. The highest BCUT2D eigenvalue weighted by atomic mass is 19.4. The Bertz CT molecular complexity index is 951. The molecule has 1 aromatic carbocycles. The summed E-state index contributed by atoms with van der Waals surface area (Å²) in [6.07, 6.45) is 0.309. The Balaban J connectivity index is 1.61. The lowest BCUT2D eigenvalue weighted by Gasteiger charge is -2.21. The Kier molecular flexibility index (Phi) is 7.21. The van der Waals surface area contributed by atoms with Gasteiger partial charge in [-0.25, -0.2) is 9.98 Å². The van der Waals surface area contributed by atoms with Crippen LogP contribution in [0.3, 0.4) is 0 Å². The molecular formula is C24H28F3N3O2. The van der Waals surface area contributed by atoms with Gasteiger partial charge in [-0.2, -0.15) is 0 Å². The van der Waals surface area contributed by atoms with Gasteiger partial charge in [-0.05, 0) is 68.6 Å². The number of hydrogen-bond donors (Lipinski definition) is 0. The first-order valence-electron chi connectivity index (χ1n) is 10.6. The number of para-hydroxylation sites is 1. The first kappa shape index (κ1) is 23.8. The number of alkyl halides is 3. The van der Waals surface area contributed by atoms with E-state index in [-0.39, 0.29) is 35.1 Å². The number of carbonyl (C=O) groups is 1. The van der Waals surface area contributed by atoms with E-state index >= 15 is 0 Å². The Morgan fingerprint density at radius 2 is 1.81 bits per heavy atom. The van der Waals surface area contributed by atoms with Crippen LogP contribution in [-0.4, -0.2) is 42.3 Å². The number of likely N-dealkylation sites (tertiary alicyclic amines) is 1. The van der Waals surface area contributed by atoms with Crippen LogP contribution in [0.2, 0.25) is 0 Å². The van der Waals surface area contributed by atoms with Crippen molar-refractivity contribution in [2.75, 3.05) is 13.1 Å². The number of ether oxygens (including phenoxy) is 1. The normalized spacial score (nSPS) is 24.2. The molecular weight excluding hydrogens is 419 g/mol. The maximum Gasteiger partial charge on any atom is 0.573 e. The van der Waals surface area contributed by atoms with Crippen LogP contribution < -0.4 is 4.74 Å². The second-order valence-corrected chi connectivity index (χ2v) is 8.38. The molecule has 3 atom stereocenters. The van der Waals surface area contributed by atoms with Crippen LogP contribution >= 0.6 is 0 Å². The number of allylic oxidation sites excluding steroid dienone is 2. The number of carbonyl (C=O) groups excluding carboxylic acids is 1. The van der Waals surface area contributed by atoms with Crippen molar-refractivity contribution in [2.45, 2.75) is 45.9 Å². The molecule has 172 valence electrons. The minimum Gasteiger partial charge on any atom is -0.405 e. The summed E-state index contributed by atoms with van der Waals surface area (Å²) in [7, 11) is 0. The molecule has 1 aromatic rings. The predicted octanol–water partition coefficient (Wildman–Crippen LogP) is 5.51. The first-order valence-corrected chi connectivity index (χ1v) is 10.6. The highest BCUT2D eigenvalue weighted by Crippen LogP contribution is 2.48. The third kappa shape index (κ3) is 5.87. The molecule has 1 saturated carbocycles. The van der Waals surface area contributed by atoms with Crippen molar-refractivity contribution in [3.8, 4) is 5.75 Å². The first-order chi connectivity index (χ1) is 15.1. The van der Waals surface area contributed by atoms with E-state index in [9.17, 15) is 18.0 Å². The zero-order valence-corrected chi connectivity index (χ0v) is 18.5. The van der Waals surface area contributed by atoms with E-state index in [0.29, 0.717) is 37.3 Å². The van der Waals surface area contributed by atoms with Crippen molar-refractivity contribution in [1.82, 2.24) is 4.90 Å². The zero-order valence-electron chi connectivity index (χ0n) is 18.5. The highest BCUT2D eigenvalue weighted by molar-refractivity contribution is 5.98. The van der Waals surface area contributed by atoms with Gasteiger partial charge in [-0.3, -0.25) is 4.79 Å². The minimum atomic E-state index is -4.72. The van der Waals surface area contributed by atoms with Gasteiger partial charge in [0.15, 0.2) is 0 Å². The van der Waals surface area contributed by atoms with Gasteiger partial charge >= 0.3 is 6.36 Å². The molecule has 2 aliphatic rings. The Labute approximate surface area is 186 Å². The lowest BCUT2D eigenvalue weighted by molar-refractivity contribution is -0.275. The molecule has 0 radical (unpaired) electrons. The molecule has 1 amide bonds. The lowest BCUT2D eigenvalue weighted by atomic mass is 9.95. The van der Waals surface area contributed by atoms with E-state index in [1.54, 1.807) is 36.2 Å². The molecule has 1 heterocycles. The molecule has 0 N–H and O–H groups in total. The summed E-state index contributed by atoms with van der Waals surface area (Å²) in [5.74, 6) is 0.532. The smallest absolute Gasteiger partial charge is 0.405 e. The Morgan fingerprint density at radius 1 is 1.19 bits per heavy atom. The number of hydrogen-bond acceptors (Lipinski definition) is 3. The van der Waals surface area contributed by atoms with E-state index in [1.165, 1.54) is 6.07 Å². The number of benzene rings is 1. The summed E-state index contributed by atoms with van der Waals surface area (Å²) in [5.41, 5.74) is 1.70. The van der Waals surface area contributed by atoms with Crippen LogP contribution in [-0.2, 0) is 4.79 Å². The molecule has 1 aliphatic heterocycles. The van der Waals surface area contributed by atoms with E-state index in [1.807, 2.05) is 19.9 Å². The van der Waals surface area contributed by atoms with Gasteiger partial charge in [0, 0.05) is 19.3 Å². The van der Waals surface area contributed by atoms with Crippen molar-refractivity contribution < 1.29 is 22.7 Å². The summed E-state index contributed by atoms with van der Waals surface area (Å²) < 4.78 is 42.5. The number of amidine groups is 1. The quantitative estimate of drug-likeness (QED) is 0.340. The molecule has 0 aromatic heterocycles. The van der Waals surface area contributed by atoms with Crippen molar-refractivity contribution in [1.29, 1.82) is 0 Å². The molecule has 1 aliphatic carbocycles. The van der Waals surface area contributed by atoms with E-state index in [4.69, 9.17) is 0 Å². The van der Waals surface area contributed by atoms with Crippen LogP contribution in [0, 0.1) is 11.8 Å². The monoisotopic (exact) mass is 447 g/mol. The average molecular weight is 448 g/mol. The fourth-order valence-corrected chi connectivity index (χ4v) is 4.48. The minimum absolute atomic E-state index is 0.0199. The Hall–Kier alpha value is -2.90. The number of rotatable bonds is 5. The number of amides is 1. The van der Waals surface area contributed by atoms with E-state index in [0.717, 1.165) is 5.57 Å². The average Bonchev–Trinajstić information content (AvgIpc) is 3.29. The number of aliphatic imine (C=N–C) groups is 2. The predicted molar refractivity (Wildman–Crippen MR) is 119 cm³/mol.